The Kier molecular flexibility index (Phi) is 6.13. The molecule has 1 aliphatic rings. The average molecular weight is 254 g/mol. The molecule has 0 aliphatic carbocycles. The third-order valence-corrected chi connectivity index (χ3v) is 4.37. The molecule has 2 heteroatoms. The molecule has 0 aromatic rings. The average Bonchev–Trinajstić information content (AvgIpc) is 2.27. The van der Waals surface area contributed by atoms with E-state index >= 15 is 0 Å². The van der Waals surface area contributed by atoms with Crippen LogP contribution in [-0.2, 0) is 0 Å². The molecule has 1 rings (SSSR count). The maximum Gasteiger partial charge on any atom is 0.0220 e. The van der Waals surface area contributed by atoms with E-state index in [4.69, 9.17) is 0 Å². The van der Waals surface area contributed by atoms with E-state index in [1.54, 1.807) is 0 Å². The van der Waals surface area contributed by atoms with E-state index in [0.29, 0.717) is 0 Å². The summed E-state index contributed by atoms with van der Waals surface area (Å²) in [6, 6.07) is 0.726. The third-order valence-electron chi connectivity index (χ3n) is 4.37. The van der Waals surface area contributed by atoms with Gasteiger partial charge in [-0.05, 0) is 52.0 Å². The number of rotatable bonds is 5. The highest BCUT2D eigenvalue weighted by Crippen LogP contribution is 2.25. The Hall–Kier alpha value is -0.0800. The molecule has 0 radical (unpaired) electrons. The number of hydrogen-bond donors (Lipinski definition) is 1. The minimum absolute atomic E-state index is 0.237. The van der Waals surface area contributed by atoms with Gasteiger partial charge < -0.3 is 5.32 Å². The van der Waals surface area contributed by atoms with E-state index in [0.717, 1.165) is 24.4 Å². The van der Waals surface area contributed by atoms with Gasteiger partial charge in [0.2, 0.25) is 0 Å². The highest BCUT2D eigenvalue weighted by molar-refractivity contribution is 4.83. The van der Waals surface area contributed by atoms with Crippen molar-refractivity contribution in [3.63, 3.8) is 0 Å². The third kappa shape index (κ3) is 5.27. The van der Waals surface area contributed by atoms with Crippen LogP contribution < -0.4 is 5.32 Å². The van der Waals surface area contributed by atoms with Crippen molar-refractivity contribution in [1.29, 1.82) is 0 Å². The molecule has 3 unspecified atom stereocenters. The lowest BCUT2D eigenvalue weighted by molar-refractivity contribution is 0.0866. The van der Waals surface area contributed by atoms with Gasteiger partial charge in [0.15, 0.2) is 0 Å². The fraction of sp³-hybridized carbons (Fsp3) is 1.00. The molecule has 2 nitrogen and oxygen atoms in total. The fourth-order valence-electron chi connectivity index (χ4n) is 2.80. The number of nitrogens with zero attached hydrogens (tertiary/aromatic N) is 1. The van der Waals surface area contributed by atoms with Crippen molar-refractivity contribution in [3.05, 3.63) is 0 Å². The van der Waals surface area contributed by atoms with Crippen molar-refractivity contribution in [2.24, 2.45) is 11.8 Å². The van der Waals surface area contributed by atoms with Crippen molar-refractivity contribution >= 4 is 0 Å². The van der Waals surface area contributed by atoms with Crippen molar-refractivity contribution in [2.45, 2.75) is 72.4 Å². The molecule has 1 fully saturated rings. The van der Waals surface area contributed by atoms with Crippen LogP contribution >= 0.6 is 0 Å². The van der Waals surface area contributed by atoms with Gasteiger partial charge in [-0.15, -0.1) is 0 Å². The number of likely N-dealkylation sites (tertiary alicyclic amines) is 1. The summed E-state index contributed by atoms with van der Waals surface area (Å²) in [6.07, 6.45) is 3.98. The zero-order chi connectivity index (χ0) is 13.8. The SMILES string of the molecule is CCCC(CNC(C)(C)C)N1CCC(C)C(C)C1. The first kappa shape index (κ1) is 16.0. The number of piperidine rings is 1. The molecule has 1 heterocycles. The lowest BCUT2D eigenvalue weighted by Crippen LogP contribution is -2.51. The van der Waals surface area contributed by atoms with E-state index in [9.17, 15) is 0 Å². The van der Waals surface area contributed by atoms with Crippen molar-refractivity contribution < 1.29 is 0 Å². The van der Waals surface area contributed by atoms with Crippen LogP contribution in [0.1, 0.15) is 60.8 Å². The molecule has 18 heavy (non-hydrogen) atoms. The molecule has 3 atom stereocenters. The van der Waals surface area contributed by atoms with E-state index in [2.05, 4.69) is 51.8 Å². The molecule has 0 amide bonds. The van der Waals surface area contributed by atoms with Gasteiger partial charge >= 0.3 is 0 Å². The van der Waals surface area contributed by atoms with Crippen LogP contribution in [0.5, 0.6) is 0 Å². The standard InChI is InChI=1S/C16H34N2/c1-7-8-15(11-17-16(4,5)6)18-10-9-13(2)14(3)12-18/h13-15,17H,7-12H2,1-6H3. The summed E-state index contributed by atoms with van der Waals surface area (Å²) in [7, 11) is 0. The molecule has 0 aromatic heterocycles. The smallest absolute Gasteiger partial charge is 0.0220 e. The quantitative estimate of drug-likeness (QED) is 0.807. The zero-order valence-electron chi connectivity index (χ0n) is 13.4. The second-order valence-electron chi connectivity index (χ2n) is 7.31. The summed E-state index contributed by atoms with van der Waals surface area (Å²) >= 11 is 0. The predicted molar refractivity (Wildman–Crippen MR) is 81.0 cm³/mol. The van der Waals surface area contributed by atoms with Crippen LogP contribution in [0.3, 0.4) is 0 Å². The first-order valence-electron chi connectivity index (χ1n) is 7.82. The molecule has 108 valence electrons. The van der Waals surface area contributed by atoms with Crippen molar-refractivity contribution in [1.82, 2.24) is 10.2 Å². The first-order valence-corrected chi connectivity index (χ1v) is 7.82. The largest absolute Gasteiger partial charge is 0.311 e. The van der Waals surface area contributed by atoms with Crippen LogP contribution in [0.25, 0.3) is 0 Å². The summed E-state index contributed by atoms with van der Waals surface area (Å²) in [6.45, 7) is 17.6. The Morgan fingerprint density at radius 3 is 2.39 bits per heavy atom. The highest BCUT2D eigenvalue weighted by Gasteiger charge is 2.27. The van der Waals surface area contributed by atoms with Gasteiger partial charge in [0.05, 0.1) is 0 Å². The van der Waals surface area contributed by atoms with Crippen LogP contribution in [0.2, 0.25) is 0 Å². The van der Waals surface area contributed by atoms with E-state index in [1.807, 2.05) is 0 Å². The number of nitrogens with one attached hydrogen (secondary N) is 1. The number of hydrogen-bond acceptors (Lipinski definition) is 2. The van der Waals surface area contributed by atoms with Crippen molar-refractivity contribution in [3.8, 4) is 0 Å². The maximum atomic E-state index is 3.69. The Morgan fingerprint density at radius 2 is 1.89 bits per heavy atom. The van der Waals surface area contributed by atoms with Gasteiger partial charge in [-0.1, -0.05) is 27.2 Å². The van der Waals surface area contributed by atoms with Gasteiger partial charge in [-0.25, -0.2) is 0 Å². The van der Waals surface area contributed by atoms with Gasteiger partial charge in [-0.3, -0.25) is 4.90 Å². The second-order valence-corrected chi connectivity index (χ2v) is 7.31. The fourth-order valence-corrected chi connectivity index (χ4v) is 2.80. The normalized spacial score (nSPS) is 28.3. The van der Waals surface area contributed by atoms with Gasteiger partial charge in [-0.2, -0.15) is 0 Å². The van der Waals surface area contributed by atoms with Crippen LogP contribution in [0.4, 0.5) is 0 Å². The molecule has 0 aromatic carbocycles. The monoisotopic (exact) mass is 254 g/mol. The summed E-state index contributed by atoms with van der Waals surface area (Å²) < 4.78 is 0. The van der Waals surface area contributed by atoms with Gasteiger partial charge in [0.1, 0.15) is 0 Å². The Balaban J connectivity index is 2.50. The summed E-state index contributed by atoms with van der Waals surface area (Å²) in [4.78, 5) is 2.73. The predicted octanol–water partition coefficient (Wildman–Crippen LogP) is 3.52. The molecule has 1 saturated heterocycles. The molecule has 1 aliphatic heterocycles. The minimum Gasteiger partial charge on any atom is -0.311 e. The first-order chi connectivity index (χ1) is 8.33. The molecular weight excluding hydrogens is 220 g/mol. The summed E-state index contributed by atoms with van der Waals surface area (Å²) in [5.41, 5.74) is 0.237. The van der Waals surface area contributed by atoms with E-state index in [1.165, 1.54) is 32.4 Å². The second kappa shape index (κ2) is 6.91. The molecule has 0 saturated carbocycles. The molecule has 0 spiro atoms. The summed E-state index contributed by atoms with van der Waals surface area (Å²) in [5.74, 6) is 1.76. The van der Waals surface area contributed by atoms with Crippen molar-refractivity contribution in [2.75, 3.05) is 19.6 Å². The molecule has 1 N–H and O–H groups in total. The molecular formula is C16H34N2. The topological polar surface area (TPSA) is 15.3 Å². The zero-order valence-corrected chi connectivity index (χ0v) is 13.4. The molecule has 0 bridgehead atoms. The van der Waals surface area contributed by atoms with Gasteiger partial charge in [0, 0.05) is 24.7 Å². The minimum atomic E-state index is 0.237. The lowest BCUT2D eigenvalue weighted by atomic mass is 9.87. The Bertz CT molecular complexity index is 232. The summed E-state index contributed by atoms with van der Waals surface area (Å²) in [5, 5.41) is 3.69. The Labute approximate surface area is 115 Å². The van der Waals surface area contributed by atoms with Crippen LogP contribution in [-0.4, -0.2) is 36.1 Å². The van der Waals surface area contributed by atoms with Crippen LogP contribution in [0.15, 0.2) is 0 Å². The Morgan fingerprint density at radius 1 is 1.22 bits per heavy atom. The lowest BCUT2D eigenvalue weighted by Gasteiger charge is -2.41. The maximum absolute atomic E-state index is 3.69. The van der Waals surface area contributed by atoms with Gasteiger partial charge in [0.25, 0.3) is 0 Å². The van der Waals surface area contributed by atoms with E-state index in [-0.39, 0.29) is 5.54 Å². The van der Waals surface area contributed by atoms with Crippen LogP contribution in [0, 0.1) is 11.8 Å². The highest BCUT2D eigenvalue weighted by atomic mass is 15.2. The van der Waals surface area contributed by atoms with E-state index < -0.39 is 0 Å².